The van der Waals surface area contributed by atoms with Crippen molar-refractivity contribution in [2.45, 2.75) is 13.0 Å². The smallest absolute Gasteiger partial charge is 0.260 e. The average molecular weight is 435 g/mol. The Morgan fingerprint density at radius 2 is 1.86 bits per heavy atom. The molecule has 1 amide bonds. The first-order valence-corrected chi connectivity index (χ1v) is 9.51. The Hall–Kier alpha value is -2.84. The van der Waals surface area contributed by atoms with Gasteiger partial charge in [0, 0.05) is 31.0 Å². The minimum absolute atomic E-state index is 0. The first-order valence-electron chi connectivity index (χ1n) is 8.69. The van der Waals surface area contributed by atoms with Crippen molar-refractivity contribution >= 4 is 45.0 Å². The van der Waals surface area contributed by atoms with Crippen molar-refractivity contribution in [1.29, 1.82) is 0 Å². The summed E-state index contributed by atoms with van der Waals surface area (Å²) in [6.07, 6.45) is 5.94. The SMILES string of the molecule is Cl.O=C(c1ccc(F)cc1)N(CCCn1ccnc1)c1nc2ccc(F)cc2s1. The van der Waals surface area contributed by atoms with Gasteiger partial charge in [-0.15, -0.1) is 12.4 Å². The molecule has 0 aliphatic rings. The number of anilines is 1. The molecule has 29 heavy (non-hydrogen) atoms. The summed E-state index contributed by atoms with van der Waals surface area (Å²) < 4.78 is 29.3. The molecule has 0 spiro atoms. The van der Waals surface area contributed by atoms with Crippen molar-refractivity contribution < 1.29 is 13.6 Å². The Bertz CT molecular complexity index is 1100. The van der Waals surface area contributed by atoms with E-state index in [1.165, 1.54) is 47.7 Å². The number of carbonyl (C=O) groups excluding carboxylic acids is 1. The lowest BCUT2D eigenvalue weighted by atomic mass is 10.2. The number of imidazole rings is 1. The summed E-state index contributed by atoms with van der Waals surface area (Å²) in [6, 6.07) is 9.76. The van der Waals surface area contributed by atoms with E-state index in [1.54, 1.807) is 23.5 Å². The zero-order valence-electron chi connectivity index (χ0n) is 15.2. The van der Waals surface area contributed by atoms with E-state index < -0.39 is 5.82 Å². The summed E-state index contributed by atoms with van der Waals surface area (Å²) in [4.78, 5) is 23.1. The Morgan fingerprint density at radius 1 is 1.10 bits per heavy atom. The summed E-state index contributed by atoms with van der Waals surface area (Å²) in [5.41, 5.74) is 1.00. The van der Waals surface area contributed by atoms with Gasteiger partial charge in [-0.05, 0) is 48.9 Å². The highest BCUT2D eigenvalue weighted by molar-refractivity contribution is 7.22. The number of aromatic nitrogens is 3. The van der Waals surface area contributed by atoms with Crippen molar-refractivity contribution in [3.63, 3.8) is 0 Å². The summed E-state index contributed by atoms with van der Waals surface area (Å²) in [5.74, 6) is -1.02. The highest BCUT2D eigenvalue weighted by Gasteiger charge is 2.21. The zero-order chi connectivity index (χ0) is 19.5. The van der Waals surface area contributed by atoms with Gasteiger partial charge in [0.05, 0.1) is 16.5 Å². The number of nitrogens with zero attached hydrogens (tertiary/aromatic N) is 4. The molecule has 2 heterocycles. The Balaban J connectivity index is 0.00000240. The van der Waals surface area contributed by atoms with E-state index in [0.717, 1.165) is 0 Å². The summed E-state index contributed by atoms with van der Waals surface area (Å²) in [7, 11) is 0. The van der Waals surface area contributed by atoms with Crippen LogP contribution >= 0.6 is 23.7 Å². The Kier molecular flexibility index (Phi) is 6.56. The maximum absolute atomic E-state index is 13.5. The molecule has 9 heteroatoms. The number of thiazole rings is 1. The van der Waals surface area contributed by atoms with E-state index in [1.807, 2.05) is 10.8 Å². The monoisotopic (exact) mass is 434 g/mol. The third-order valence-corrected chi connectivity index (χ3v) is 5.30. The van der Waals surface area contributed by atoms with Crippen molar-refractivity contribution in [2.24, 2.45) is 0 Å². The van der Waals surface area contributed by atoms with Crippen LogP contribution in [0.15, 0.2) is 61.2 Å². The van der Waals surface area contributed by atoms with Crippen molar-refractivity contribution in [3.8, 4) is 0 Å². The van der Waals surface area contributed by atoms with E-state index in [-0.39, 0.29) is 24.1 Å². The summed E-state index contributed by atoms with van der Waals surface area (Å²) in [6.45, 7) is 1.10. The van der Waals surface area contributed by atoms with Gasteiger partial charge in [0.2, 0.25) is 0 Å². The fourth-order valence-electron chi connectivity index (χ4n) is 2.86. The van der Waals surface area contributed by atoms with Gasteiger partial charge in [-0.3, -0.25) is 9.69 Å². The molecule has 5 nitrogen and oxygen atoms in total. The van der Waals surface area contributed by atoms with Crippen LogP contribution < -0.4 is 4.90 Å². The van der Waals surface area contributed by atoms with Gasteiger partial charge in [-0.25, -0.2) is 18.7 Å². The van der Waals surface area contributed by atoms with Crippen LogP contribution in [-0.4, -0.2) is 27.0 Å². The molecule has 0 unspecified atom stereocenters. The van der Waals surface area contributed by atoms with Crippen LogP contribution in [0.5, 0.6) is 0 Å². The number of benzene rings is 2. The van der Waals surface area contributed by atoms with Crippen LogP contribution in [0.25, 0.3) is 10.2 Å². The highest BCUT2D eigenvalue weighted by atomic mass is 35.5. The molecule has 0 radical (unpaired) electrons. The second-order valence-corrected chi connectivity index (χ2v) is 7.24. The maximum atomic E-state index is 13.5. The molecule has 0 bridgehead atoms. The number of aryl methyl sites for hydroxylation is 1. The zero-order valence-corrected chi connectivity index (χ0v) is 16.8. The highest BCUT2D eigenvalue weighted by Crippen LogP contribution is 2.30. The minimum atomic E-state index is -0.404. The van der Waals surface area contributed by atoms with Gasteiger partial charge in [0.1, 0.15) is 11.6 Å². The topological polar surface area (TPSA) is 51.0 Å². The molecular formula is C20H17ClF2N4OS. The van der Waals surface area contributed by atoms with E-state index in [2.05, 4.69) is 9.97 Å². The maximum Gasteiger partial charge on any atom is 0.260 e. The lowest BCUT2D eigenvalue weighted by molar-refractivity contribution is 0.0986. The lowest BCUT2D eigenvalue weighted by Crippen LogP contribution is -2.32. The molecule has 150 valence electrons. The van der Waals surface area contributed by atoms with Crippen LogP contribution in [-0.2, 0) is 6.54 Å². The summed E-state index contributed by atoms with van der Waals surface area (Å²) >= 11 is 1.25. The average Bonchev–Trinajstić information content (AvgIpc) is 3.34. The third kappa shape index (κ3) is 4.78. The van der Waals surface area contributed by atoms with Gasteiger partial charge < -0.3 is 4.57 Å². The Labute approximate surface area is 176 Å². The Morgan fingerprint density at radius 3 is 2.59 bits per heavy atom. The number of hydrogen-bond donors (Lipinski definition) is 0. The third-order valence-electron chi connectivity index (χ3n) is 4.26. The van der Waals surface area contributed by atoms with E-state index in [0.29, 0.717) is 40.4 Å². The number of rotatable bonds is 6. The van der Waals surface area contributed by atoms with Crippen LogP contribution in [0.3, 0.4) is 0 Å². The number of amides is 1. The molecule has 2 aromatic heterocycles. The molecule has 2 aromatic carbocycles. The van der Waals surface area contributed by atoms with Gasteiger partial charge in [0.25, 0.3) is 5.91 Å². The van der Waals surface area contributed by atoms with Crippen molar-refractivity contribution in [2.75, 3.05) is 11.4 Å². The molecule has 4 rings (SSSR count). The molecule has 0 N–H and O–H groups in total. The van der Waals surface area contributed by atoms with Gasteiger partial charge >= 0.3 is 0 Å². The number of halogens is 3. The second-order valence-electron chi connectivity index (χ2n) is 6.23. The number of carbonyl (C=O) groups is 1. The fourth-order valence-corrected chi connectivity index (χ4v) is 3.88. The molecular weight excluding hydrogens is 418 g/mol. The fraction of sp³-hybridized carbons (Fsp3) is 0.150. The molecule has 0 saturated carbocycles. The lowest BCUT2D eigenvalue weighted by Gasteiger charge is -2.20. The molecule has 4 aromatic rings. The predicted octanol–water partition coefficient (Wildman–Crippen LogP) is 4.93. The van der Waals surface area contributed by atoms with E-state index in [9.17, 15) is 13.6 Å². The number of hydrogen-bond acceptors (Lipinski definition) is 4. The van der Waals surface area contributed by atoms with Crippen LogP contribution in [0.1, 0.15) is 16.8 Å². The normalized spacial score (nSPS) is 10.7. The van der Waals surface area contributed by atoms with Gasteiger partial charge in [-0.1, -0.05) is 11.3 Å². The van der Waals surface area contributed by atoms with Crippen molar-refractivity contribution in [1.82, 2.24) is 14.5 Å². The first kappa shape index (κ1) is 20.9. The quantitative estimate of drug-likeness (QED) is 0.432. The molecule has 0 aliphatic carbocycles. The molecule has 0 fully saturated rings. The second kappa shape index (κ2) is 9.11. The van der Waals surface area contributed by atoms with Gasteiger partial charge in [0.15, 0.2) is 5.13 Å². The van der Waals surface area contributed by atoms with Crippen LogP contribution in [0.4, 0.5) is 13.9 Å². The summed E-state index contributed by atoms with van der Waals surface area (Å²) in [5, 5.41) is 0.487. The van der Waals surface area contributed by atoms with E-state index >= 15 is 0 Å². The largest absolute Gasteiger partial charge is 0.337 e. The molecule has 0 atom stereocenters. The van der Waals surface area contributed by atoms with Crippen LogP contribution in [0.2, 0.25) is 0 Å². The van der Waals surface area contributed by atoms with Crippen molar-refractivity contribution in [3.05, 3.63) is 78.4 Å². The number of fused-ring (bicyclic) bond motifs is 1. The predicted molar refractivity (Wildman–Crippen MR) is 112 cm³/mol. The molecule has 0 aliphatic heterocycles. The van der Waals surface area contributed by atoms with E-state index in [4.69, 9.17) is 0 Å². The molecule has 0 saturated heterocycles. The van der Waals surface area contributed by atoms with Gasteiger partial charge in [-0.2, -0.15) is 0 Å². The first-order chi connectivity index (χ1) is 13.6. The minimum Gasteiger partial charge on any atom is -0.337 e. The van der Waals surface area contributed by atoms with Crippen LogP contribution in [0, 0.1) is 11.6 Å². The standard InChI is InChI=1S/C20H16F2N4OS.ClH/c21-15-4-2-14(3-5-15)19(27)26(10-1-9-25-11-8-23-13-25)20-24-17-7-6-16(22)12-18(17)28-20;/h2-8,11-13H,1,9-10H2;1H.